The number of pyridine rings is 1. The highest BCUT2D eigenvalue weighted by Crippen LogP contribution is 2.34. The Balaban J connectivity index is 1.32. The van der Waals surface area contributed by atoms with E-state index >= 15 is 0 Å². The first kappa shape index (κ1) is 22.8. The maximum atomic E-state index is 14.0. The van der Waals surface area contributed by atoms with Crippen LogP contribution in [0.1, 0.15) is 17.0 Å². The van der Waals surface area contributed by atoms with Gasteiger partial charge in [0.2, 0.25) is 5.95 Å². The van der Waals surface area contributed by atoms with Gasteiger partial charge in [-0.25, -0.2) is 14.8 Å². The molecule has 0 saturated carbocycles. The van der Waals surface area contributed by atoms with E-state index in [1.54, 1.807) is 11.0 Å². The minimum absolute atomic E-state index is 0.270. The Morgan fingerprint density at radius 2 is 1.86 bits per heavy atom. The molecule has 1 amide bonds. The SMILES string of the molecule is Cc1cccc(-c2nc(CC3CN(C(=O)OCc4ccccc4)C3)n(C)c2-c2ccnc(F)c2)c1. The third-order valence-electron chi connectivity index (χ3n) is 6.37. The number of amides is 1. The van der Waals surface area contributed by atoms with Crippen LogP contribution in [-0.2, 0) is 24.8 Å². The van der Waals surface area contributed by atoms with E-state index in [1.165, 1.54) is 12.3 Å². The van der Waals surface area contributed by atoms with E-state index in [0.29, 0.717) is 19.5 Å². The zero-order valence-electron chi connectivity index (χ0n) is 19.8. The Bertz CT molecular complexity index is 1350. The fourth-order valence-electron chi connectivity index (χ4n) is 4.52. The number of carbonyl (C=O) groups is 1. The molecule has 3 heterocycles. The van der Waals surface area contributed by atoms with E-state index < -0.39 is 5.95 Å². The Kier molecular flexibility index (Phi) is 6.31. The number of hydrogen-bond acceptors (Lipinski definition) is 4. The molecule has 0 radical (unpaired) electrons. The van der Waals surface area contributed by atoms with Gasteiger partial charge in [0, 0.05) is 55.9 Å². The van der Waals surface area contributed by atoms with Crippen LogP contribution in [0.25, 0.3) is 22.5 Å². The summed E-state index contributed by atoms with van der Waals surface area (Å²) >= 11 is 0. The average Bonchev–Trinajstić information content (AvgIpc) is 3.16. The maximum Gasteiger partial charge on any atom is 0.410 e. The molecule has 1 aliphatic rings. The summed E-state index contributed by atoms with van der Waals surface area (Å²) in [5.74, 6) is 0.660. The van der Waals surface area contributed by atoms with E-state index in [2.05, 4.69) is 11.1 Å². The molecule has 0 spiro atoms. The molecular formula is C28H27FN4O2. The fourth-order valence-corrected chi connectivity index (χ4v) is 4.52. The van der Waals surface area contributed by atoms with Gasteiger partial charge in [0.25, 0.3) is 0 Å². The maximum absolute atomic E-state index is 14.0. The van der Waals surface area contributed by atoms with Gasteiger partial charge >= 0.3 is 6.09 Å². The second-order valence-electron chi connectivity index (χ2n) is 9.04. The summed E-state index contributed by atoms with van der Waals surface area (Å²) in [5.41, 5.74) is 5.48. The molecule has 0 N–H and O–H groups in total. The number of rotatable bonds is 6. The molecule has 6 nitrogen and oxygen atoms in total. The van der Waals surface area contributed by atoms with E-state index in [4.69, 9.17) is 9.72 Å². The first-order valence-corrected chi connectivity index (χ1v) is 11.7. The predicted molar refractivity (Wildman–Crippen MR) is 132 cm³/mol. The topological polar surface area (TPSA) is 60.3 Å². The molecule has 1 aliphatic heterocycles. The molecule has 0 aliphatic carbocycles. The molecule has 1 saturated heterocycles. The number of aromatic nitrogens is 3. The molecule has 2 aromatic heterocycles. The van der Waals surface area contributed by atoms with E-state index in [9.17, 15) is 9.18 Å². The van der Waals surface area contributed by atoms with Crippen LogP contribution in [-0.4, -0.2) is 38.6 Å². The van der Waals surface area contributed by atoms with Gasteiger partial charge in [-0.05, 0) is 24.6 Å². The number of imidazole rings is 1. The molecule has 178 valence electrons. The van der Waals surface area contributed by atoms with Gasteiger partial charge in [0.1, 0.15) is 12.4 Å². The predicted octanol–water partition coefficient (Wildman–Crippen LogP) is 5.41. The summed E-state index contributed by atoms with van der Waals surface area (Å²) in [6.45, 7) is 3.56. The van der Waals surface area contributed by atoms with Crippen LogP contribution in [0.4, 0.5) is 9.18 Å². The first-order valence-electron chi connectivity index (χ1n) is 11.7. The van der Waals surface area contributed by atoms with Crippen molar-refractivity contribution in [2.75, 3.05) is 13.1 Å². The molecule has 0 atom stereocenters. The van der Waals surface area contributed by atoms with Gasteiger partial charge in [-0.1, -0.05) is 54.1 Å². The van der Waals surface area contributed by atoms with Gasteiger partial charge in [-0.3, -0.25) is 0 Å². The minimum Gasteiger partial charge on any atom is -0.445 e. The third-order valence-corrected chi connectivity index (χ3v) is 6.37. The Morgan fingerprint density at radius 1 is 1.06 bits per heavy atom. The Morgan fingerprint density at radius 3 is 2.60 bits per heavy atom. The standard InChI is InChI=1S/C28H27FN4O2/c1-19-7-6-10-22(13-19)26-27(23-11-12-30-24(29)15-23)32(2)25(31-26)14-21-16-33(17-21)28(34)35-18-20-8-4-3-5-9-20/h3-13,15,21H,14,16-18H2,1-2H3. The van der Waals surface area contributed by atoms with Crippen LogP contribution in [0.15, 0.2) is 72.9 Å². The summed E-state index contributed by atoms with van der Waals surface area (Å²) in [6.07, 6.45) is 1.89. The fraction of sp³-hybridized carbons (Fsp3) is 0.250. The van der Waals surface area contributed by atoms with Gasteiger partial charge in [0.05, 0.1) is 11.4 Å². The number of halogens is 1. The van der Waals surface area contributed by atoms with Crippen molar-refractivity contribution in [2.24, 2.45) is 13.0 Å². The van der Waals surface area contributed by atoms with Crippen molar-refractivity contribution in [1.82, 2.24) is 19.4 Å². The monoisotopic (exact) mass is 470 g/mol. The van der Waals surface area contributed by atoms with Crippen LogP contribution in [0, 0.1) is 18.8 Å². The van der Waals surface area contributed by atoms with Crippen molar-refractivity contribution >= 4 is 6.09 Å². The number of likely N-dealkylation sites (tertiary alicyclic amines) is 1. The van der Waals surface area contributed by atoms with Crippen molar-refractivity contribution in [3.63, 3.8) is 0 Å². The third kappa shape index (κ3) is 4.94. The smallest absolute Gasteiger partial charge is 0.410 e. The molecular weight excluding hydrogens is 443 g/mol. The zero-order chi connectivity index (χ0) is 24.4. The highest BCUT2D eigenvalue weighted by Gasteiger charge is 2.33. The summed E-state index contributed by atoms with van der Waals surface area (Å²) in [4.78, 5) is 22.8. The van der Waals surface area contributed by atoms with Crippen LogP contribution >= 0.6 is 0 Å². The van der Waals surface area contributed by atoms with Crippen molar-refractivity contribution < 1.29 is 13.9 Å². The minimum atomic E-state index is -0.524. The highest BCUT2D eigenvalue weighted by atomic mass is 19.1. The second kappa shape index (κ2) is 9.70. The van der Waals surface area contributed by atoms with Crippen LogP contribution in [0.5, 0.6) is 0 Å². The van der Waals surface area contributed by atoms with Crippen molar-refractivity contribution in [3.8, 4) is 22.5 Å². The second-order valence-corrected chi connectivity index (χ2v) is 9.04. The van der Waals surface area contributed by atoms with Crippen molar-refractivity contribution in [3.05, 3.63) is 95.8 Å². The summed E-state index contributed by atoms with van der Waals surface area (Å²) in [6, 6.07) is 21.0. The van der Waals surface area contributed by atoms with Crippen LogP contribution in [0.2, 0.25) is 0 Å². The molecule has 0 bridgehead atoms. The lowest BCUT2D eigenvalue weighted by Gasteiger charge is -2.38. The molecule has 2 aromatic carbocycles. The normalized spacial score (nSPS) is 13.5. The number of hydrogen-bond donors (Lipinski definition) is 0. The largest absolute Gasteiger partial charge is 0.445 e. The Labute approximate surface area is 204 Å². The molecule has 35 heavy (non-hydrogen) atoms. The van der Waals surface area contributed by atoms with E-state index in [1.807, 2.05) is 67.1 Å². The van der Waals surface area contributed by atoms with Crippen molar-refractivity contribution in [1.29, 1.82) is 0 Å². The van der Waals surface area contributed by atoms with Crippen LogP contribution < -0.4 is 0 Å². The number of benzene rings is 2. The molecule has 5 rings (SSSR count). The van der Waals surface area contributed by atoms with Gasteiger partial charge in [0.15, 0.2) is 0 Å². The molecule has 4 aromatic rings. The molecule has 1 fully saturated rings. The van der Waals surface area contributed by atoms with Crippen LogP contribution in [0.3, 0.4) is 0 Å². The van der Waals surface area contributed by atoms with Gasteiger partial charge in [-0.15, -0.1) is 0 Å². The molecule has 7 heteroatoms. The lowest BCUT2D eigenvalue weighted by molar-refractivity contribution is 0.0489. The van der Waals surface area contributed by atoms with E-state index in [-0.39, 0.29) is 18.6 Å². The number of aryl methyl sites for hydroxylation is 1. The first-order chi connectivity index (χ1) is 17.0. The molecule has 0 unspecified atom stereocenters. The summed E-state index contributed by atoms with van der Waals surface area (Å²) in [5, 5.41) is 0. The zero-order valence-corrected chi connectivity index (χ0v) is 19.8. The van der Waals surface area contributed by atoms with Gasteiger partial charge < -0.3 is 14.2 Å². The Hall–Kier alpha value is -4.00. The van der Waals surface area contributed by atoms with Gasteiger partial charge in [-0.2, -0.15) is 4.39 Å². The highest BCUT2D eigenvalue weighted by molar-refractivity contribution is 5.79. The number of ether oxygens (including phenoxy) is 1. The average molecular weight is 471 g/mol. The van der Waals surface area contributed by atoms with E-state index in [0.717, 1.165) is 39.5 Å². The van der Waals surface area contributed by atoms with Crippen molar-refractivity contribution in [2.45, 2.75) is 20.0 Å². The summed E-state index contributed by atoms with van der Waals surface area (Å²) < 4.78 is 21.4. The lowest BCUT2D eigenvalue weighted by Crippen LogP contribution is -2.51. The quantitative estimate of drug-likeness (QED) is 0.354. The number of carbonyl (C=O) groups excluding carboxylic acids is 1. The lowest BCUT2D eigenvalue weighted by atomic mass is 9.96. The number of nitrogens with zero attached hydrogens (tertiary/aromatic N) is 4. The summed E-state index contributed by atoms with van der Waals surface area (Å²) in [7, 11) is 1.96.